The summed E-state index contributed by atoms with van der Waals surface area (Å²) in [4.78, 5) is 11.7. The van der Waals surface area contributed by atoms with Crippen molar-refractivity contribution in [3.8, 4) is 0 Å². The smallest absolute Gasteiger partial charge is 0.423 e. The molecule has 1 heterocycles. The first-order chi connectivity index (χ1) is 9.40. The highest BCUT2D eigenvalue weighted by atomic mass is 35.5. The lowest BCUT2D eigenvalue weighted by atomic mass is 9.81. The van der Waals surface area contributed by atoms with Crippen LogP contribution in [0.3, 0.4) is 0 Å². The average molecular weight is 299 g/mol. The van der Waals surface area contributed by atoms with Crippen molar-refractivity contribution in [3.05, 3.63) is 63.0 Å². The Morgan fingerprint density at radius 2 is 1.95 bits per heavy atom. The van der Waals surface area contributed by atoms with E-state index in [4.69, 9.17) is 21.6 Å². The molecule has 4 nitrogen and oxygen atoms in total. The van der Waals surface area contributed by atoms with E-state index in [0.717, 1.165) is 16.7 Å². The summed E-state index contributed by atoms with van der Waals surface area (Å²) in [6.07, 6.45) is 1.29. The summed E-state index contributed by atoms with van der Waals surface area (Å²) in [5.74, 6) is -1.80. The normalized spacial score (nSPS) is 10.7. The summed E-state index contributed by atoms with van der Waals surface area (Å²) in [7, 11) is -1.76. The Bertz CT molecular complexity index is 706. The minimum absolute atomic E-state index is 0.0314. The first-order valence-corrected chi connectivity index (χ1v) is 5.97. The van der Waals surface area contributed by atoms with Gasteiger partial charge < -0.3 is 14.6 Å². The molecule has 0 aliphatic rings. The number of pyridine rings is 1. The van der Waals surface area contributed by atoms with Gasteiger partial charge in [-0.15, -0.1) is 0 Å². The van der Waals surface area contributed by atoms with E-state index in [9.17, 15) is 13.6 Å². The summed E-state index contributed by atoms with van der Waals surface area (Å²) in [6.45, 7) is -0.146. The second kappa shape index (κ2) is 5.74. The third-order valence-corrected chi connectivity index (χ3v) is 3.12. The van der Waals surface area contributed by atoms with Gasteiger partial charge in [-0.3, -0.25) is 4.79 Å². The largest absolute Gasteiger partial charge is 0.488 e. The van der Waals surface area contributed by atoms with Crippen molar-refractivity contribution in [1.29, 1.82) is 0 Å². The van der Waals surface area contributed by atoms with E-state index in [1.807, 2.05) is 0 Å². The lowest BCUT2D eigenvalue weighted by Gasteiger charge is -2.09. The molecule has 0 radical (unpaired) electrons. The highest BCUT2D eigenvalue weighted by Gasteiger charge is 2.14. The van der Waals surface area contributed by atoms with Crippen LogP contribution in [-0.2, 0) is 6.54 Å². The molecule has 1 aromatic carbocycles. The molecule has 0 unspecified atom stereocenters. The second-order valence-electron chi connectivity index (χ2n) is 4.13. The lowest BCUT2D eigenvalue weighted by Crippen LogP contribution is -2.35. The number of hydrogen-bond acceptors (Lipinski definition) is 3. The molecular weight excluding hydrogens is 290 g/mol. The van der Waals surface area contributed by atoms with E-state index in [1.165, 1.54) is 18.3 Å². The Balaban J connectivity index is 2.36. The van der Waals surface area contributed by atoms with Gasteiger partial charge in [0.05, 0.1) is 6.54 Å². The van der Waals surface area contributed by atoms with Crippen LogP contribution in [0.5, 0.6) is 0 Å². The topological polar surface area (TPSA) is 62.5 Å². The van der Waals surface area contributed by atoms with Crippen LogP contribution < -0.4 is 11.0 Å². The zero-order valence-electron chi connectivity index (χ0n) is 10.1. The lowest BCUT2D eigenvalue weighted by molar-refractivity contribution is 0.425. The molecule has 0 amide bonds. The van der Waals surface area contributed by atoms with Gasteiger partial charge in [0.2, 0.25) is 5.56 Å². The van der Waals surface area contributed by atoms with Crippen molar-refractivity contribution >= 4 is 24.2 Å². The SMILES string of the molecule is O=c1cc(B(O)O)ccn1Cc1ccc(F)c(Cl)c1F. The molecule has 104 valence electrons. The van der Waals surface area contributed by atoms with Gasteiger partial charge in [-0.1, -0.05) is 17.7 Å². The standard InChI is InChI=1S/C12H9BClF2NO3/c14-11-9(15)2-1-7(12(11)16)6-17-4-3-8(13(19)20)5-10(17)18/h1-5,19-20H,6H2. The summed E-state index contributed by atoms with van der Waals surface area (Å²) >= 11 is 5.45. The number of benzene rings is 1. The van der Waals surface area contributed by atoms with Gasteiger partial charge >= 0.3 is 7.12 Å². The monoisotopic (exact) mass is 299 g/mol. The number of hydrogen-bond donors (Lipinski definition) is 2. The third kappa shape index (κ3) is 2.90. The second-order valence-corrected chi connectivity index (χ2v) is 4.51. The average Bonchev–Trinajstić information content (AvgIpc) is 2.41. The van der Waals surface area contributed by atoms with Crippen LogP contribution in [-0.4, -0.2) is 21.7 Å². The molecule has 0 aliphatic carbocycles. The van der Waals surface area contributed by atoms with Crippen molar-refractivity contribution < 1.29 is 18.8 Å². The van der Waals surface area contributed by atoms with E-state index in [2.05, 4.69) is 0 Å². The van der Waals surface area contributed by atoms with Gasteiger partial charge in [0.15, 0.2) is 0 Å². The van der Waals surface area contributed by atoms with Crippen molar-refractivity contribution in [2.45, 2.75) is 6.54 Å². The van der Waals surface area contributed by atoms with Crippen molar-refractivity contribution in [3.63, 3.8) is 0 Å². The van der Waals surface area contributed by atoms with Crippen LogP contribution >= 0.6 is 11.6 Å². The Morgan fingerprint density at radius 1 is 1.25 bits per heavy atom. The highest BCUT2D eigenvalue weighted by Crippen LogP contribution is 2.22. The van der Waals surface area contributed by atoms with Gasteiger partial charge in [0.1, 0.15) is 16.7 Å². The number of nitrogens with zero attached hydrogens (tertiary/aromatic N) is 1. The summed E-state index contributed by atoms with van der Waals surface area (Å²) in [6, 6.07) is 4.54. The summed E-state index contributed by atoms with van der Waals surface area (Å²) in [5.41, 5.74) is -0.463. The number of rotatable bonds is 3. The van der Waals surface area contributed by atoms with Crippen LogP contribution in [0.2, 0.25) is 5.02 Å². The van der Waals surface area contributed by atoms with Crippen molar-refractivity contribution in [1.82, 2.24) is 4.57 Å². The molecule has 2 aromatic rings. The first kappa shape index (κ1) is 14.7. The van der Waals surface area contributed by atoms with Gasteiger partial charge in [0, 0.05) is 17.8 Å². The molecule has 0 bridgehead atoms. The van der Waals surface area contributed by atoms with E-state index in [-0.39, 0.29) is 17.6 Å². The predicted octanol–water partition coefficient (Wildman–Crippen LogP) is 0.508. The molecule has 0 spiro atoms. The zero-order valence-corrected chi connectivity index (χ0v) is 10.8. The minimum Gasteiger partial charge on any atom is -0.423 e. The van der Waals surface area contributed by atoms with E-state index < -0.39 is 29.3 Å². The molecule has 2 N–H and O–H groups in total. The van der Waals surface area contributed by atoms with Gasteiger partial charge in [-0.05, 0) is 17.6 Å². The van der Waals surface area contributed by atoms with Crippen LogP contribution in [0.25, 0.3) is 0 Å². The maximum atomic E-state index is 13.7. The molecule has 0 saturated heterocycles. The Labute approximate surface area is 118 Å². The molecule has 0 aliphatic heterocycles. The van der Waals surface area contributed by atoms with Gasteiger partial charge in [-0.25, -0.2) is 8.78 Å². The van der Waals surface area contributed by atoms with Crippen molar-refractivity contribution in [2.24, 2.45) is 0 Å². The number of aromatic nitrogens is 1. The van der Waals surface area contributed by atoms with Crippen molar-refractivity contribution in [2.75, 3.05) is 0 Å². The Hall–Kier alpha value is -1.70. The molecule has 0 fully saturated rings. The van der Waals surface area contributed by atoms with Crippen LogP contribution in [0.1, 0.15) is 5.56 Å². The Kier molecular flexibility index (Phi) is 4.22. The van der Waals surface area contributed by atoms with Gasteiger partial charge in [0.25, 0.3) is 0 Å². The maximum Gasteiger partial charge on any atom is 0.488 e. The van der Waals surface area contributed by atoms with Crippen LogP contribution in [0.4, 0.5) is 8.78 Å². The fraction of sp³-hybridized carbons (Fsp3) is 0.0833. The highest BCUT2D eigenvalue weighted by molar-refractivity contribution is 6.58. The molecular formula is C12H9BClF2NO3. The zero-order chi connectivity index (χ0) is 14.9. The van der Waals surface area contributed by atoms with Gasteiger partial charge in [-0.2, -0.15) is 0 Å². The quantitative estimate of drug-likeness (QED) is 0.641. The number of halogens is 3. The minimum atomic E-state index is -1.76. The van der Waals surface area contributed by atoms with Crippen LogP contribution in [0.15, 0.2) is 35.3 Å². The predicted molar refractivity (Wildman–Crippen MR) is 71.0 cm³/mol. The van der Waals surface area contributed by atoms with E-state index >= 15 is 0 Å². The maximum absolute atomic E-state index is 13.7. The molecule has 8 heteroatoms. The molecule has 0 saturated carbocycles. The van der Waals surface area contributed by atoms with Crippen LogP contribution in [0, 0.1) is 11.6 Å². The first-order valence-electron chi connectivity index (χ1n) is 5.59. The molecule has 0 atom stereocenters. The summed E-state index contributed by atoms with van der Waals surface area (Å²) < 4.78 is 27.9. The fourth-order valence-electron chi connectivity index (χ4n) is 1.69. The summed E-state index contributed by atoms with van der Waals surface area (Å²) in [5, 5.41) is 17.2. The van der Waals surface area contributed by atoms with E-state index in [1.54, 1.807) is 0 Å². The fourth-order valence-corrected chi connectivity index (χ4v) is 1.87. The Morgan fingerprint density at radius 3 is 2.55 bits per heavy atom. The molecule has 1 aromatic heterocycles. The third-order valence-electron chi connectivity index (χ3n) is 2.77. The molecule has 2 rings (SSSR count). The molecule has 20 heavy (non-hydrogen) atoms. The van der Waals surface area contributed by atoms with E-state index in [0.29, 0.717) is 0 Å².